The minimum absolute atomic E-state index is 0.228. The molecule has 0 amide bonds. The number of hydrogen-bond acceptors (Lipinski definition) is 3. The van der Waals surface area contributed by atoms with Crippen LogP contribution in [0.5, 0.6) is 0 Å². The number of nitrogens with two attached hydrogens (primary N) is 1. The second-order valence-electron chi connectivity index (χ2n) is 3.16. The third kappa shape index (κ3) is 2.60. The summed E-state index contributed by atoms with van der Waals surface area (Å²) in [6.45, 7) is 2.19. The minimum atomic E-state index is -0.283. The molecule has 1 rings (SSSR count). The Morgan fingerprint density at radius 1 is 1.71 bits per heavy atom. The van der Waals surface area contributed by atoms with E-state index in [1.165, 1.54) is 0 Å². The smallest absolute Gasteiger partial charge is 0.307 e. The van der Waals surface area contributed by atoms with Crippen LogP contribution in [0.1, 0.15) is 25.1 Å². The summed E-state index contributed by atoms with van der Waals surface area (Å²) < 4.78 is 6.73. The van der Waals surface area contributed by atoms with Crippen molar-refractivity contribution in [3.05, 3.63) is 24.0 Å². The second-order valence-corrected chi connectivity index (χ2v) is 3.16. The van der Waals surface area contributed by atoms with Crippen LogP contribution in [-0.4, -0.2) is 17.1 Å². The predicted octanol–water partition coefficient (Wildman–Crippen LogP) is 0.978. The number of rotatable bonds is 4. The molecular weight excluding hydrogens is 180 g/mol. The fraction of sp³-hybridized carbons (Fsp3) is 0.500. The van der Waals surface area contributed by atoms with Crippen molar-refractivity contribution in [2.24, 2.45) is 12.8 Å². The molecular formula is C10H16N2O2. The van der Waals surface area contributed by atoms with E-state index in [1.807, 2.05) is 29.9 Å². The number of aryl methyl sites for hydroxylation is 1. The zero-order chi connectivity index (χ0) is 10.6. The zero-order valence-corrected chi connectivity index (χ0v) is 8.56. The Morgan fingerprint density at radius 2 is 2.43 bits per heavy atom. The summed E-state index contributed by atoms with van der Waals surface area (Å²) in [7, 11) is 1.90. The maximum absolute atomic E-state index is 11.1. The van der Waals surface area contributed by atoms with Gasteiger partial charge in [0.15, 0.2) is 0 Å². The molecule has 0 bridgehead atoms. The van der Waals surface area contributed by atoms with Gasteiger partial charge in [-0.2, -0.15) is 0 Å². The van der Waals surface area contributed by atoms with E-state index in [9.17, 15) is 4.79 Å². The fourth-order valence-corrected chi connectivity index (χ4v) is 1.36. The standard InChI is InChI=1S/C10H16N2O2/c1-3-14-10(13)7-8(11)9-5-4-6-12(9)2/h4-6,8H,3,7,11H2,1-2H3/t8-/m1/s1. The Balaban J connectivity index is 2.54. The van der Waals surface area contributed by atoms with Crippen molar-refractivity contribution in [1.82, 2.24) is 4.57 Å². The van der Waals surface area contributed by atoms with E-state index in [0.29, 0.717) is 6.61 Å². The summed E-state index contributed by atoms with van der Waals surface area (Å²) in [5, 5.41) is 0. The van der Waals surface area contributed by atoms with Gasteiger partial charge in [-0.3, -0.25) is 4.79 Å². The molecule has 0 saturated carbocycles. The molecule has 0 unspecified atom stereocenters. The van der Waals surface area contributed by atoms with Crippen LogP contribution in [0.25, 0.3) is 0 Å². The quantitative estimate of drug-likeness (QED) is 0.730. The molecule has 0 aliphatic rings. The lowest BCUT2D eigenvalue weighted by Gasteiger charge is -2.11. The summed E-state index contributed by atoms with van der Waals surface area (Å²) in [5.41, 5.74) is 6.79. The molecule has 0 aliphatic carbocycles. The molecule has 1 atom stereocenters. The summed E-state index contributed by atoms with van der Waals surface area (Å²) >= 11 is 0. The first-order valence-electron chi connectivity index (χ1n) is 4.67. The molecule has 78 valence electrons. The van der Waals surface area contributed by atoms with Gasteiger partial charge in [-0.15, -0.1) is 0 Å². The average molecular weight is 196 g/mol. The van der Waals surface area contributed by atoms with Crippen LogP contribution in [-0.2, 0) is 16.6 Å². The van der Waals surface area contributed by atoms with Gasteiger partial charge in [0.2, 0.25) is 0 Å². The van der Waals surface area contributed by atoms with E-state index < -0.39 is 0 Å². The van der Waals surface area contributed by atoms with Gasteiger partial charge in [-0.05, 0) is 19.1 Å². The van der Waals surface area contributed by atoms with E-state index in [1.54, 1.807) is 6.92 Å². The molecule has 4 heteroatoms. The maximum atomic E-state index is 11.1. The van der Waals surface area contributed by atoms with Crippen LogP contribution in [0.15, 0.2) is 18.3 Å². The van der Waals surface area contributed by atoms with Gasteiger partial charge in [0, 0.05) is 18.9 Å². The number of esters is 1. The predicted molar refractivity (Wildman–Crippen MR) is 53.6 cm³/mol. The molecule has 14 heavy (non-hydrogen) atoms. The highest BCUT2D eigenvalue weighted by molar-refractivity contribution is 5.70. The van der Waals surface area contributed by atoms with Gasteiger partial charge in [-0.25, -0.2) is 0 Å². The molecule has 1 aromatic heterocycles. The number of ether oxygens (including phenoxy) is 1. The topological polar surface area (TPSA) is 57.2 Å². The fourth-order valence-electron chi connectivity index (χ4n) is 1.36. The van der Waals surface area contributed by atoms with Crippen LogP contribution in [0.2, 0.25) is 0 Å². The third-order valence-electron chi connectivity index (χ3n) is 2.06. The molecule has 1 heterocycles. The maximum Gasteiger partial charge on any atom is 0.307 e. The number of aromatic nitrogens is 1. The number of carbonyl (C=O) groups is 1. The van der Waals surface area contributed by atoms with Gasteiger partial charge < -0.3 is 15.0 Å². The molecule has 0 saturated heterocycles. The van der Waals surface area contributed by atoms with E-state index in [-0.39, 0.29) is 18.4 Å². The van der Waals surface area contributed by atoms with Crippen molar-refractivity contribution < 1.29 is 9.53 Å². The van der Waals surface area contributed by atoms with Crippen LogP contribution in [0.4, 0.5) is 0 Å². The van der Waals surface area contributed by atoms with Crippen molar-refractivity contribution >= 4 is 5.97 Å². The third-order valence-corrected chi connectivity index (χ3v) is 2.06. The first-order valence-corrected chi connectivity index (χ1v) is 4.67. The first kappa shape index (κ1) is 10.8. The normalized spacial score (nSPS) is 12.5. The van der Waals surface area contributed by atoms with Gasteiger partial charge in [0.05, 0.1) is 19.1 Å². The molecule has 1 aromatic rings. The van der Waals surface area contributed by atoms with Crippen LogP contribution in [0, 0.1) is 0 Å². The van der Waals surface area contributed by atoms with E-state index in [0.717, 1.165) is 5.69 Å². The minimum Gasteiger partial charge on any atom is -0.466 e. The highest BCUT2D eigenvalue weighted by Crippen LogP contribution is 2.14. The Labute approximate surface area is 83.7 Å². The van der Waals surface area contributed by atoms with E-state index in [2.05, 4.69) is 0 Å². The van der Waals surface area contributed by atoms with Crippen molar-refractivity contribution in [3.8, 4) is 0 Å². The van der Waals surface area contributed by atoms with Crippen molar-refractivity contribution in [3.63, 3.8) is 0 Å². The average Bonchev–Trinajstić information content (AvgIpc) is 2.51. The molecule has 0 aliphatic heterocycles. The van der Waals surface area contributed by atoms with Gasteiger partial charge >= 0.3 is 5.97 Å². The highest BCUT2D eigenvalue weighted by Gasteiger charge is 2.14. The van der Waals surface area contributed by atoms with Crippen molar-refractivity contribution in [1.29, 1.82) is 0 Å². The zero-order valence-electron chi connectivity index (χ0n) is 8.56. The Kier molecular flexibility index (Phi) is 3.71. The van der Waals surface area contributed by atoms with Gasteiger partial charge in [0.1, 0.15) is 0 Å². The molecule has 0 fully saturated rings. The Bertz CT molecular complexity index is 307. The number of hydrogen-bond donors (Lipinski definition) is 1. The second kappa shape index (κ2) is 4.81. The summed E-state index contributed by atoms with van der Waals surface area (Å²) in [5.74, 6) is -0.249. The van der Waals surface area contributed by atoms with Crippen molar-refractivity contribution in [2.75, 3.05) is 6.61 Å². The monoisotopic (exact) mass is 196 g/mol. The van der Waals surface area contributed by atoms with Gasteiger partial charge in [-0.1, -0.05) is 0 Å². The SMILES string of the molecule is CCOC(=O)C[C@@H](N)c1cccn1C. The van der Waals surface area contributed by atoms with E-state index >= 15 is 0 Å². The highest BCUT2D eigenvalue weighted by atomic mass is 16.5. The van der Waals surface area contributed by atoms with Crippen LogP contribution >= 0.6 is 0 Å². The lowest BCUT2D eigenvalue weighted by molar-refractivity contribution is -0.143. The summed E-state index contributed by atoms with van der Waals surface area (Å²) in [6, 6.07) is 3.53. The molecule has 0 spiro atoms. The first-order chi connectivity index (χ1) is 6.65. The molecule has 0 radical (unpaired) electrons. The number of nitrogens with zero attached hydrogens (tertiary/aromatic N) is 1. The van der Waals surface area contributed by atoms with E-state index in [4.69, 9.17) is 10.5 Å². The van der Waals surface area contributed by atoms with Gasteiger partial charge in [0.25, 0.3) is 0 Å². The Hall–Kier alpha value is -1.29. The van der Waals surface area contributed by atoms with Crippen LogP contribution in [0.3, 0.4) is 0 Å². The summed E-state index contributed by atoms with van der Waals surface area (Å²) in [4.78, 5) is 11.1. The lowest BCUT2D eigenvalue weighted by atomic mass is 10.1. The molecule has 0 aromatic carbocycles. The lowest BCUT2D eigenvalue weighted by Crippen LogP contribution is -2.19. The van der Waals surface area contributed by atoms with Crippen molar-refractivity contribution in [2.45, 2.75) is 19.4 Å². The Morgan fingerprint density at radius 3 is 2.93 bits per heavy atom. The molecule has 4 nitrogen and oxygen atoms in total. The van der Waals surface area contributed by atoms with Crippen LogP contribution < -0.4 is 5.73 Å². The largest absolute Gasteiger partial charge is 0.466 e. The number of carbonyl (C=O) groups excluding carboxylic acids is 1. The molecule has 2 N–H and O–H groups in total. The summed E-state index contributed by atoms with van der Waals surface area (Å²) in [6.07, 6.45) is 2.13.